The van der Waals surface area contributed by atoms with Crippen molar-refractivity contribution in [1.82, 2.24) is 9.55 Å². The molecule has 13 heavy (non-hydrogen) atoms. The van der Waals surface area contributed by atoms with Gasteiger partial charge in [-0.3, -0.25) is 10.1 Å². The van der Waals surface area contributed by atoms with E-state index in [-0.39, 0.29) is 5.91 Å². The first kappa shape index (κ1) is 9.51. The standard InChI is InChI=1S/C9H13N3O/c1-7(2)6-8(13)11-9-10-4-5-12(9)3/h4-6H,1-3H3,(H,10,11,13). The summed E-state index contributed by atoms with van der Waals surface area (Å²) in [6.45, 7) is 3.75. The number of hydrogen-bond acceptors (Lipinski definition) is 2. The normalized spacial score (nSPS) is 9.46. The number of nitrogens with zero attached hydrogens (tertiary/aromatic N) is 2. The van der Waals surface area contributed by atoms with Crippen LogP contribution in [0, 0.1) is 0 Å². The average Bonchev–Trinajstić information content (AvgIpc) is 2.34. The van der Waals surface area contributed by atoms with Gasteiger partial charge in [0.1, 0.15) is 0 Å². The summed E-state index contributed by atoms with van der Waals surface area (Å²) in [6.07, 6.45) is 4.95. The topological polar surface area (TPSA) is 46.9 Å². The van der Waals surface area contributed by atoms with Gasteiger partial charge in [-0.1, -0.05) is 5.57 Å². The van der Waals surface area contributed by atoms with E-state index in [1.807, 2.05) is 20.9 Å². The summed E-state index contributed by atoms with van der Waals surface area (Å²) >= 11 is 0. The average molecular weight is 179 g/mol. The van der Waals surface area contributed by atoms with Gasteiger partial charge in [0, 0.05) is 25.5 Å². The number of amides is 1. The second kappa shape index (κ2) is 3.89. The highest BCUT2D eigenvalue weighted by Crippen LogP contribution is 2.01. The number of imidazole rings is 1. The van der Waals surface area contributed by atoms with Crippen LogP contribution in [0.25, 0.3) is 0 Å². The number of hydrogen-bond donors (Lipinski definition) is 1. The van der Waals surface area contributed by atoms with Gasteiger partial charge in [-0.05, 0) is 13.8 Å². The highest BCUT2D eigenvalue weighted by molar-refractivity contribution is 5.98. The molecule has 1 aromatic rings. The molecule has 1 N–H and O–H groups in total. The predicted molar refractivity (Wildman–Crippen MR) is 51.3 cm³/mol. The smallest absolute Gasteiger partial charge is 0.250 e. The van der Waals surface area contributed by atoms with Crippen molar-refractivity contribution < 1.29 is 4.79 Å². The van der Waals surface area contributed by atoms with Gasteiger partial charge >= 0.3 is 0 Å². The van der Waals surface area contributed by atoms with Crippen molar-refractivity contribution in [2.24, 2.45) is 7.05 Å². The largest absolute Gasteiger partial charge is 0.320 e. The lowest BCUT2D eigenvalue weighted by atomic mass is 10.3. The van der Waals surface area contributed by atoms with Crippen LogP contribution in [-0.4, -0.2) is 15.5 Å². The van der Waals surface area contributed by atoms with Crippen LogP contribution in [0.2, 0.25) is 0 Å². The Morgan fingerprint density at radius 3 is 2.77 bits per heavy atom. The van der Waals surface area contributed by atoms with Gasteiger partial charge < -0.3 is 4.57 Å². The molecule has 0 spiro atoms. The van der Waals surface area contributed by atoms with Gasteiger partial charge in [0.2, 0.25) is 5.95 Å². The Morgan fingerprint density at radius 2 is 2.31 bits per heavy atom. The number of aromatic nitrogens is 2. The molecule has 0 aliphatic carbocycles. The number of rotatable bonds is 2. The third-order valence-corrected chi connectivity index (χ3v) is 1.48. The van der Waals surface area contributed by atoms with E-state index < -0.39 is 0 Å². The van der Waals surface area contributed by atoms with Crippen LogP contribution in [0.15, 0.2) is 24.0 Å². The van der Waals surface area contributed by atoms with Crippen molar-refractivity contribution >= 4 is 11.9 Å². The van der Waals surface area contributed by atoms with Crippen molar-refractivity contribution in [3.63, 3.8) is 0 Å². The first-order chi connectivity index (χ1) is 6.09. The van der Waals surface area contributed by atoms with Crippen LogP contribution < -0.4 is 5.32 Å². The number of carbonyl (C=O) groups is 1. The number of nitrogens with one attached hydrogen (secondary N) is 1. The molecule has 0 fully saturated rings. The van der Waals surface area contributed by atoms with Crippen LogP contribution in [0.4, 0.5) is 5.95 Å². The zero-order chi connectivity index (χ0) is 9.84. The Morgan fingerprint density at radius 1 is 1.62 bits per heavy atom. The molecule has 1 heterocycles. The second-order valence-corrected chi connectivity index (χ2v) is 3.07. The maximum Gasteiger partial charge on any atom is 0.250 e. The van der Waals surface area contributed by atoms with Gasteiger partial charge in [-0.2, -0.15) is 0 Å². The van der Waals surface area contributed by atoms with E-state index in [0.29, 0.717) is 5.95 Å². The third-order valence-electron chi connectivity index (χ3n) is 1.48. The molecule has 4 heteroatoms. The molecular weight excluding hydrogens is 166 g/mol. The van der Waals surface area contributed by atoms with Crippen LogP contribution >= 0.6 is 0 Å². The van der Waals surface area contributed by atoms with Crippen LogP contribution in [0.3, 0.4) is 0 Å². The van der Waals surface area contributed by atoms with Crippen LogP contribution in [0.1, 0.15) is 13.8 Å². The zero-order valence-electron chi connectivity index (χ0n) is 8.03. The Hall–Kier alpha value is -1.58. The molecule has 0 atom stereocenters. The minimum absolute atomic E-state index is 0.144. The summed E-state index contributed by atoms with van der Waals surface area (Å²) in [5.74, 6) is 0.414. The number of carbonyl (C=O) groups excluding carboxylic acids is 1. The molecule has 0 bridgehead atoms. The monoisotopic (exact) mass is 179 g/mol. The Kier molecular flexibility index (Phi) is 2.84. The van der Waals surface area contributed by atoms with E-state index in [4.69, 9.17) is 0 Å². The number of aryl methyl sites for hydroxylation is 1. The molecule has 0 unspecified atom stereocenters. The van der Waals surface area contributed by atoms with E-state index >= 15 is 0 Å². The molecule has 1 amide bonds. The van der Waals surface area contributed by atoms with Gasteiger partial charge in [0.25, 0.3) is 5.91 Å². The van der Waals surface area contributed by atoms with Crippen molar-refractivity contribution in [3.8, 4) is 0 Å². The van der Waals surface area contributed by atoms with Crippen molar-refractivity contribution in [3.05, 3.63) is 24.0 Å². The molecule has 0 aliphatic heterocycles. The quantitative estimate of drug-likeness (QED) is 0.696. The molecular formula is C9H13N3O. The van der Waals surface area contributed by atoms with Crippen LogP contribution in [-0.2, 0) is 11.8 Å². The Bertz CT molecular complexity index is 334. The van der Waals surface area contributed by atoms with E-state index in [1.165, 1.54) is 6.08 Å². The molecule has 4 nitrogen and oxygen atoms in total. The zero-order valence-corrected chi connectivity index (χ0v) is 8.03. The summed E-state index contributed by atoms with van der Waals surface area (Å²) < 4.78 is 1.75. The minimum Gasteiger partial charge on any atom is -0.320 e. The first-order valence-corrected chi connectivity index (χ1v) is 4.03. The lowest BCUT2D eigenvalue weighted by molar-refractivity contribution is -0.112. The first-order valence-electron chi connectivity index (χ1n) is 4.03. The van der Waals surface area contributed by atoms with Crippen molar-refractivity contribution in [1.29, 1.82) is 0 Å². The molecule has 0 saturated heterocycles. The molecule has 0 aromatic carbocycles. The fourth-order valence-corrected chi connectivity index (χ4v) is 0.895. The third kappa shape index (κ3) is 2.74. The van der Waals surface area contributed by atoms with Gasteiger partial charge in [0.05, 0.1) is 0 Å². The van der Waals surface area contributed by atoms with E-state index in [9.17, 15) is 4.79 Å². The Labute approximate surface area is 77.3 Å². The maximum atomic E-state index is 11.2. The molecule has 70 valence electrons. The lowest BCUT2D eigenvalue weighted by Crippen LogP contribution is -2.12. The second-order valence-electron chi connectivity index (χ2n) is 3.07. The molecule has 1 rings (SSSR count). The van der Waals surface area contributed by atoms with E-state index in [1.54, 1.807) is 17.0 Å². The maximum absolute atomic E-state index is 11.2. The highest BCUT2D eigenvalue weighted by Gasteiger charge is 2.01. The van der Waals surface area contributed by atoms with Gasteiger partial charge in [-0.25, -0.2) is 4.98 Å². The van der Waals surface area contributed by atoms with Crippen molar-refractivity contribution in [2.45, 2.75) is 13.8 Å². The number of anilines is 1. The fraction of sp³-hybridized carbons (Fsp3) is 0.333. The SMILES string of the molecule is CC(C)=CC(=O)Nc1nccn1C. The predicted octanol–water partition coefficient (Wildman–Crippen LogP) is 1.32. The number of allylic oxidation sites excluding steroid dienone is 1. The molecule has 0 saturated carbocycles. The lowest BCUT2D eigenvalue weighted by Gasteiger charge is -2.01. The summed E-state index contributed by atoms with van der Waals surface area (Å²) in [4.78, 5) is 15.2. The molecule has 0 aliphatic rings. The van der Waals surface area contributed by atoms with E-state index in [2.05, 4.69) is 10.3 Å². The summed E-state index contributed by atoms with van der Waals surface area (Å²) in [5, 5.41) is 2.66. The summed E-state index contributed by atoms with van der Waals surface area (Å²) in [6, 6.07) is 0. The molecule has 0 radical (unpaired) electrons. The van der Waals surface area contributed by atoms with Gasteiger partial charge in [0.15, 0.2) is 0 Å². The highest BCUT2D eigenvalue weighted by atomic mass is 16.1. The fourth-order valence-electron chi connectivity index (χ4n) is 0.895. The minimum atomic E-state index is -0.144. The van der Waals surface area contributed by atoms with Gasteiger partial charge in [-0.15, -0.1) is 0 Å². The summed E-state index contributed by atoms with van der Waals surface area (Å²) in [5.41, 5.74) is 0.965. The van der Waals surface area contributed by atoms with E-state index in [0.717, 1.165) is 5.57 Å². The summed E-state index contributed by atoms with van der Waals surface area (Å²) in [7, 11) is 1.82. The Balaban J connectivity index is 2.66. The molecule has 1 aromatic heterocycles. The van der Waals surface area contributed by atoms with Crippen molar-refractivity contribution in [2.75, 3.05) is 5.32 Å². The van der Waals surface area contributed by atoms with Crippen LogP contribution in [0.5, 0.6) is 0 Å².